The summed E-state index contributed by atoms with van der Waals surface area (Å²) in [5.41, 5.74) is 1.36. The minimum absolute atomic E-state index is 0.00535. The van der Waals surface area contributed by atoms with Gasteiger partial charge in [-0.1, -0.05) is 63.8 Å². The summed E-state index contributed by atoms with van der Waals surface area (Å²) in [6, 6.07) is 7.74. The molecular formula is C18H24O2. The van der Waals surface area contributed by atoms with E-state index in [1.54, 1.807) is 0 Å². The van der Waals surface area contributed by atoms with Gasteiger partial charge in [-0.05, 0) is 18.4 Å². The molecule has 1 aliphatic rings. The topological polar surface area (TPSA) is 34.1 Å². The summed E-state index contributed by atoms with van der Waals surface area (Å²) < 4.78 is 0. The molecule has 0 N–H and O–H groups in total. The first kappa shape index (κ1) is 15.0. The van der Waals surface area contributed by atoms with Crippen molar-refractivity contribution in [2.24, 2.45) is 0 Å². The van der Waals surface area contributed by atoms with Gasteiger partial charge < -0.3 is 0 Å². The highest BCUT2D eigenvalue weighted by molar-refractivity contribution is 6.16. The monoisotopic (exact) mass is 272 g/mol. The highest BCUT2D eigenvalue weighted by Gasteiger charge is 2.44. The van der Waals surface area contributed by atoms with Gasteiger partial charge >= 0.3 is 0 Å². The Morgan fingerprint density at radius 3 is 2.20 bits per heavy atom. The van der Waals surface area contributed by atoms with E-state index in [-0.39, 0.29) is 18.0 Å². The number of hydrogen-bond donors (Lipinski definition) is 0. The number of carbonyl (C=O) groups is 2. The third kappa shape index (κ3) is 2.56. The van der Waals surface area contributed by atoms with E-state index >= 15 is 0 Å². The average Bonchev–Trinajstić information content (AvgIpc) is 2.47. The van der Waals surface area contributed by atoms with Gasteiger partial charge in [0.15, 0.2) is 11.6 Å². The van der Waals surface area contributed by atoms with Crippen LogP contribution in [0.4, 0.5) is 0 Å². The van der Waals surface area contributed by atoms with Crippen molar-refractivity contribution in [2.45, 2.75) is 64.2 Å². The molecule has 0 bridgehead atoms. The number of unbranched alkanes of at least 4 members (excludes halogenated alkanes) is 2. The van der Waals surface area contributed by atoms with Crippen molar-refractivity contribution in [2.75, 3.05) is 0 Å². The summed E-state index contributed by atoms with van der Waals surface area (Å²) >= 11 is 0. The Labute approximate surface area is 121 Å². The zero-order valence-electron chi connectivity index (χ0n) is 12.6. The zero-order chi connectivity index (χ0) is 14.6. The zero-order valence-corrected chi connectivity index (χ0v) is 12.6. The molecule has 0 amide bonds. The summed E-state index contributed by atoms with van der Waals surface area (Å²) in [5, 5.41) is 0. The molecule has 0 unspecified atom stereocenters. The van der Waals surface area contributed by atoms with Gasteiger partial charge in [-0.3, -0.25) is 9.59 Å². The van der Waals surface area contributed by atoms with Crippen LogP contribution in [-0.2, 0) is 10.2 Å². The van der Waals surface area contributed by atoms with E-state index in [2.05, 4.69) is 13.8 Å². The van der Waals surface area contributed by atoms with Crippen LogP contribution >= 0.6 is 0 Å². The lowest BCUT2D eigenvalue weighted by molar-refractivity contribution is -0.124. The molecule has 0 fully saturated rings. The molecule has 0 radical (unpaired) electrons. The van der Waals surface area contributed by atoms with Crippen molar-refractivity contribution < 1.29 is 9.59 Å². The predicted octanol–water partition coefficient (Wildman–Crippen LogP) is 4.46. The standard InChI is InChI=1S/C18H24O2/c1-3-5-11-18(12-6-4-2)15-10-8-7-9-14(15)16(19)13-17(18)20/h7-10H,3-6,11-13H2,1-2H3. The smallest absolute Gasteiger partial charge is 0.170 e. The van der Waals surface area contributed by atoms with Gasteiger partial charge in [0.2, 0.25) is 0 Å². The van der Waals surface area contributed by atoms with E-state index in [9.17, 15) is 9.59 Å². The second-order valence-corrected chi connectivity index (χ2v) is 5.86. The normalized spacial score (nSPS) is 17.1. The van der Waals surface area contributed by atoms with E-state index in [0.717, 1.165) is 49.7 Å². The first-order valence-corrected chi connectivity index (χ1v) is 7.81. The molecule has 2 heteroatoms. The second kappa shape index (κ2) is 6.34. The number of rotatable bonds is 6. The Balaban J connectivity index is 2.49. The molecule has 2 nitrogen and oxygen atoms in total. The van der Waals surface area contributed by atoms with Crippen molar-refractivity contribution in [1.82, 2.24) is 0 Å². The Hall–Kier alpha value is -1.44. The van der Waals surface area contributed by atoms with E-state index in [1.807, 2.05) is 24.3 Å². The van der Waals surface area contributed by atoms with Crippen LogP contribution in [0.1, 0.15) is 74.7 Å². The molecule has 108 valence electrons. The van der Waals surface area contributed by atoms with Crippen LogP contribution in [0.5, 0.6) is 0 Å². The molecule has 0 atom stereocenters. The molecule has 0 aliphatic heterocycles. The fourth-order valence-corrected chi connectivity index (χ4v) is 3.33. The van der Waals surface area contributed by atoms with Crippen LogP contribution in [0.15, 0.2) is 24.3 Å². The predicted molar refractivity (Wildman–Crippen MR) is 81.1 cm³/mol. The van der Waals surface area contributed by atoms with Crippen molar-refractivity contribution in [3.05, 3.63) is 35.4 Å². The molecule has 20 heavy (non-hydrogen) atoms. The third-order valence-electron chi connectivity index (χ3n) is 4.51. The van der Waals surface area contributed by atoms with Crippen LogP contribution in [0.3, 0.4) is 0 Å². The van der Waals surface area contributed by atoms with E-state index in [0.29, 0.717) is 0 Å². The van der Waals surface area contributed by atoms with E-state index in [4.69, 9.17) is 0 Å². The van der Waals surface area contributed by atoms with E-state index in [1.165, 1.54) is 0 Å². The van der Waals surface area contributed by atoms with Gasteiger partial charge in [0, 0.05) is 5.56 Å². The molecule has 1 aromatic carbocycles. The summed E-state index contributed by atoms with van der Waals surface area (Å²) in [6.07, 6.45) is 6.09. The lowest BCUT2D eigenvalue weighted by Crippen LogP contribution is -2.42. The summed E-state index contributed by atoms with van der Waals surface area (Å²) in [5.74, 6) is 0.136. The highest BCUT2D eigenvalue weighted by Crippen LogP contribution is 2.42. The number of benzene rings is 1. The molecular weight excluding hydrogens is 248 g/mol. The Morgan fingerprint density at radius 1 is 1.00 bits per heavy atom. The molecule has 1 aromatic rings. The van der Waals surface area contributed by atoms with Crippen molar-refractivity contribution in [1.29, 1.82) is 0 Å². The lowest BCUT2D eigenvalue weighted by atomic mass is 9.63. The fraction of sp³-hybridized carbons (Fsp3) is 0.556. The summed E-state index contributed by atoms with van der Waals surface area (Å²) in [7, 11) is 0. The van der Waals surface area contributed by atoms with Crippen LogP contribution < -0.4 is 0 Å². The Bertz CT molecular complexity index is 494. The van der Waals surface area contributed by atoms with Gasteiger partial charge in [0.05, 0.1) is 11.8 Å². The largest absolute Gasteiger partial charge is 0.298 e. The quantitative estimate of drug-likeness (QED) is 0.716. The molecule has 0 spiro atoms. The first-order chi connectivity index (χ1) is 9.65. The molecule has 1 aliphatic carbocycles. The minimum atomic E-state index is -0.406. The number of fused-ring (bicyclic) bond motifs is 1. The van der Waals surface area contributed by atoms with Crippen molar-refractivity contribution >= 4 is 11.6 Å². The number of carbonyl (C=O) groups excluding carboxylic acids is 2. The maximum Gasteiger partial charge on any atom is 0.170 e. The summed E-state index contributed by atoms with van der Waals surface area (Å²) in [4.78, 5) is 24.8. The summed E-state index contributed by atoms with van der Waals surface area (Å²) in [6.45, 7) is 4.30. The molecule has 0 saturated carbocycles. The fourth-order valence-electron chi connectivity index (χ4n) is 3.33. The molecule has 0 aromatic heterocycles. The number of ketones is 2. The molecule has 0 saturated heterocycles. The maximum atomic E-state index is 12.7. The van der Waals surface area contributed by atoms with Crippen LogP contribution in [0.25, 0.3) is 0 Å². The van der Waals surface area contributed by atoms with Crippen LogP contribution in [-0.4, -0.2) is 11.6 Å². The average molecular weight is 272 g/mol. The third-order valence-corrected chi connectivity index (χ3v) is 4.51. The van der Waals surface area contributed by atoms with E-state index < -0.39 is 5.41 Å². The van der Waals surface area contributed by atoms with Crippen molar-refractivity contribution in [3.8, 4) is 0 Å². The second-order valence-electron chi connectivity index (χ2n) is 5.86. The molecule has 2 rings (SSSR count). The Kier molecular flexibility index (Phi) is 4.74. The minimum Gasteiger partial charge on any atom is -0.298 e. The van der Waals surface area contributed by atoms with Crippen molar-refractivity contribution in [3.63, 3.8) is 0 Å². The number of Topliss-reactive ketones (excluding diaryl/α,β-unsaturated/α-hetero) is 2. The van der Waals surface area contributed by atoms with Gasteiger partial charge in [-0.25, -0.2) is 0 Å². The lowest BCUT2D eigenvalue weighted by Gasteiger charge is -2.37. The van der Waals surface area contributed by atoms with Crippen LogP contribution in [0.2, 0.25) is 0 Å². The first-order valence-electron chi connectivity index (χ1n) is 7.81. The van der Waals surface area contributed by atoms with Gasteiger partial charge in [-0.2, -0.15) is 0 Å². The highest BCUT2D eigenvalue weighted by atomic mass is 16.2. The van der Waals surface area contributed by atoms with Gasteiger partial charge in [0.25, 0.3) is 0 Å². The maximum absolute atomic E-state index is 12.7. The van der Waals surface area contributed by atoms with Gasteiger partial charge in [-0.15, -0.1) is 0 Å². The van der Waals surface area contributed by atoms with Crippen LogP contribution in [0, 0.1) is 0 Å². The SMILES string of the molecule is CCCCC1(CCCC)C(=O)CC(=O)c2ccccc21. The van der Waals surface area contributed by atoms with Gasteiger partial charge in [0.1, 0.15) is 0 Å². The molecule has 0 heterocycles. The Morgan fingerprint density at radius 2 is 1.60 bits per heavy atom. The number of hydrogen-bond acceptors (Lipinski definition) is 2.